The van der Waals surface area contributed by atoms with E-state index in [1.807, 2.05) is 28.8 Å². The van der Waals surface area contributed by atoms with Crippen LogP contribution in [0.4, 0.5) is 5.95 Å². The number of rotatable bonds is 9. The zero-order valence-corrected chi connectivity index (χ0v) is 16.7. The van der Waals surface area contributed by atoms with Gasteiger partial charge in [0, 0.05) is 20.6 Å². The molecule has 0 aliphatic heterocycles. The summed E-state index contributed by atoms with van der Waals surface area (Å²) in [4.78, 5) is 4.77. The van der Waals surface area contributed by atoms with E-state index in [-0.39, 0.29) is 11.5 Å². The van der Waals surface area contributed by atoms with E-state index in [0.29, 0.717) is 31.4 Å². The maximum Gasteiger partial charge on any atom is 0.242 e. The van der Waals surface area contributed by atoms with E-state index in [4.69, 9.17) is 9.84 Å². The molecule has 0 aliphatic carbocycles. The minimum absolute atomic E-state index is 0.0158. The Morgan fingerprint density at radius 2 is 1.86 bits per heavy atom. The highest BCUT2D eigenvalue weighted by atomic mass is 32.2. The van der Waals surface area contributed by atoms with Gasteiger partial charge in [0.05, 0.1) is 29.1 Å². The molecule has 150 valence electrons. The molecular weight excluding hydrogens is 380 g/mol. The Labute approximate surface area is 164 Å². The van der Waals surface area contributed by atoms with E-state index in [2.05, 4.69) is 10.3 Å². The normalized spacial score (nSPS) is 11.9. The molecule has 0 unspecified atom stereocenters. The van der Waals surface area contributed by atoms with Gasteiger partial charge in [-0.3, -0.25) is 0 Å². The number of aliphatic hydroxyl groups excluding tert-OH is 1. The minimum atomic E-state index is -3.45. The van der Waals surface area contributed by atoms with Gasteiger partial charge in [-0.1, -0.05) is 12.1 Å². The van der Waals surface area contributed by atoms with Crippen molar-refractivity contribution in [3.05, 3.63) is 48.5 Å². The molecule has 8 nitrogen and oxygen atoms in total. The second kappa shape index (κ2) is 8.59. The fourth-order valence-electron chi connectivity index (χ4n) is 2.78. The lowest BCUT2D eigenvalue weighted by molar-refractivity contribution is 0.299. The maximum absolute atomic E-state index is 12.1. The van der Waals surface area contributed by atoms with Gasteiger partial charge in [0.2, 0.25) is 16.0 Å². The Hall–Kier alpha value is -2.62. The molecule has 0 fully saturated rings. The third kappa shape index (κ3) is 4.27. The van der Waals surface area contributed by atoms with Crippen molar-refractivity contribution in [1.29, 1.82) is 0 Å². The average molecular weight is 404 g/mol. The summed E-state index contributed by atoms with van der Waals surface area (Å²) in [5.41, 5.74) is 1.83. The van der Waals surface area contributed by atoms with Gasteiger partial charge < -0.3 is 19.7 Å². The molecule has 3 aromatic rings. The Morgan fingerprint density at radius 1 is 1.14 bits per heavy atom. The summed E-state index contributed by atoms with van der Waals surface area (Å²) in [7, 11) is -0.457. The Balaban J connectivity index is 1.70. The van der Waals surface area contributed by atoms with Crippen LogP contribution < -0.4 is 10.1 Å². The zero-order chi connectivity index (χ0) is 20.1. The van der Waals surface area contributed by atoms with Crippen LogP contribution in [0.1, 0.15) is 0 Å². The van der Waals surface area contributed by atoms with Crippen LogP contribution in [0.3, 0.4) is 0 Å². The third-order valence-corrected chi connectivity index (χ3v) is 6.06. The molecule has 0 atom stereocenters. The van der Waals surface area contributed by atoms with Crippen molar-refractivity contribution in [2.75, 3.05) is 39.2 Å². The van der Waals surface area contributed by atoms with Crippen LogP contribution in [0.5, 0.6) is 5.75 Å². The summed E-state index contributed by atoms with van der Waals surface area (Å²) in [6, 6.07) is 14.1. The predicted molar refractivity (Wildman–Crippen MR) is 108 cm³/mol. The van der Waals surface area contributed by atoms with Crippen molar-refractivity contribution >= 4 is 27.0 Å². The standard InChI is InChI=1S/C19H24N4O4S/c1-22(2)28(25,26)16-9-7-15(8-10-16)27-14-12-23-18-6-4-3-5-17(18)21-19(23)20-11-13-24/h3-10,24H,11-14H2,1-2H3,(H,20,21). The van der Waals surface area contributed by atoms with E-state index in [1.165, 1.54) is 30.5 Å². The van der Waals surface area contributed by atoms with Crippen molar-refractivity contribution in [2.24, 2.45) is 0 Å². The summed E-state index contributed by atoms with van der Waals surface area (Å²) in [6.45, 7) is 1.36. The largest absolute Gasteiger partial charge is 0.492 e. The van der Waals surface area contributed by atoms with Gasteiger partial charge >= 0.3 is 0 Å². The van der Waals surface area contributed by atoms with Crippen molar-refractivity contribution < 1.29 is 18.3 Å². The molecule has 0 saturated carbocycles. The Kier molecular flexibility index (Phi) is 6.18. The SMILES string of the molecule is CN(C)S(=O)(=O)c1ccc(OCCn2c(NCCO)nc3ccccc32)cc1. The first-order valence-corrected chi connectivity index (χ1v) is 10.3. The number of para-hydroxylation sites is 2. The molecule has 0 aliphatic rings. The van der Waals surface area contributed by atoms with Crippen molar-refractivity contribution in [3.63, 3.8) is 0 Å². The minimum Gasteiger partial charge on any atom is -0.492 e. The average Bonchev–Trinajstić information content (AvgIpc) is 3.04. The quantitative estimate of drug-likeness (QED) is 0.564. The highest BCUT2D eigenvalue weighted by Gasteiger charge is 2.16. The smallest absolute Gasteiger partial charge is 0.242 e. The molecule has 0 radical (unpaired) electrons. The molecule has 1 aromatic heterocycles. The van der Waals surface area contributed by atoms with Crippen LogP contribution in [0, 0.1) is 0 Å². The summed E-state index contributed by atoms with van der Waals surface area (Å²) in [6.07, 6.45) is 0. The van der Waals surface area contributed by atoms with Crippen LogP contribution in [0.15, 0.2) is 53.4 Å². The number of fused-ring (bicyclic) bond motifs is 1. The van der Waals surface area contributed by atoms with Crippen molar-refractivity contribution in [1.82, 2.24) is 13.9 Å². The van der Waals surface area contributed by atoms with Gasteiger partial charge in [0.15, 0.2) is 0 Å². The first-order chi connectivity index (χ1) is 13.4. The van der Waals surface area contributed by atoms with Gasteiger partial charge in [0.1, 0.15) is 12.4 Å². The number of sulfonamides is 1. The molecular formula is C19H24N4O4S. The van der Waals surface area contributed by atoms with Crippen LogP contribution in [0.2, 0.25) is 0 Å². The van der Waals surface area contributed by atoms with Gasteiger partial charge in [-0.25, -0.2) is 17.7 Å². The van der Waals surface area contributed by atoms with E-state index >= 15 is 0 Å². The Bertz CT molecular complexity index is 1030. The lowest BCUT2D eigenvalue weighted by Gasteiger charge is -2.13. The number of anilines is 1. The number of hydrogen-bond acceptors (Lipinski definition) is 6. The lowest BCUT2D eigenvalue weighted by Crippen LogP contribution is -2.22. The topological polar surface area (TPSA) is 96.7 Å². The highest BCUT2D eigenvalue weighted by molar-refractivity contribution is 7.89. The number of nitrogens with one attached hydrogen (secondary N) is 1. The van der Waals surface area contributed by atoms with Gasteiger partial charge in [-0.2, -0.15) is 0 Å². The monoisotopic (exact) mass is 404 g/mol. The summed E-state index contributed by atoms with van der Waals surface area (Å²) < 4.78 is 33.2. The summed E-state index contributed by atoms with van der Waals surface area (Å²) in [5.74, 6) is 1.26. The molecule has 28 heavy (non-hydrogen) atoms. The molecule has 0 saturated heterocycles. The molecule has 1 heterocycles. The van der Waals surface area contributed by atoms with E-state index in [9.17, 15) is 8.42 Å². The fraction of sp³-hybridized carbons (Fsp3) is 0.316. The van der Waals surface area contributed by atoms with Crippen LogP contribution in [-0.4, -0.2) is 61.2 Å². The number of aromatic nitrogens is 2. The first kappa shape index (κ1) is 20.1. The first-order valence-electron chi connectivity index (χ1n) is 8.89. The van der Waals surface area contributed by atoms with Crippen LogP contribution >= 0.6 is 0 Å². The molecule has 2 aromatic carbocycles. The van der Waals surface area contributed by atoms with Gasteiger partial charge in [-0.15, -0.1) is 0 Å². The van der Waals surface area contributed by atoms with Gasteiger partial charge in [0.25, 0.3) is 0 Å². The van der Waals surface area contributed by atoms with Crippen LogP contribution in [-0.2, 0) is 16.6 Å². The van der Waals surface area contributed by atoms with Crippen molar-refractivity contribution in [3.8, 4) is 5.75 Å². The lowest BCUT2D eigenvalue weighted by atomic mass is 10.3. The molecule has 0 spiro atoms. The summed E-state index contributed by atoms with van der Waals surface area (Å²) >= 11 is 0. The van der Waals surface area contributed by atoms with Gasteiger partial charge in [-0.05, 0) is 36.4 Å². The molecule has 2 N–H and O–H groups in total. The fourth-order valence-corrected chi connectivity index (χ4v) is 3.68. The molecule has 0 bridgehead atoms. The third-order valence-electron chi connectivity index (χ3n) is 4.24. The molecule has 3 rings (SSSR count). The van der Waals surface area contributed by atoms with E-state index in [1.54, 1.807) is 12.1 Å². The van der Waals surface area contributed by atoms with E-state index in [0.717, 1.165) is 11.0 Å². The number of nitrogens with zero attached hydrogens (tertiary/aromatic N) is 3. The number of benzene rings is 2. The number of ether oxygens (including phenoxy) is 1. The summed E-state index contributed by atoms with van der Waals surface area (Å²) in [5, 5.41) is 12.2. The second-order valence-electron chi connectivity index (χ2n) is 6.33. The second-order valence-corrected chi connectivity index (χ2v) is 8.49. The number of imidazole rings is 1. The highest BCUT2D eigenvalue weighted by Crippen LogP contribution is 2.21. The Morgan fingerprint density at radius 3 is 2.54 bits per heavy atom. The molecule has 9 heteroatoms. The number of hydrogen-bond donors (Lipinski definition) is 2. The van der Waals surface area contributed by atoms with Crippen molar-refractivity contribution in [2.45, 2.75) is 11.4 Å². The van der Waals surface area contributed by atoms with E-state index < -0.39 is 10.0 Å². The molecule has 0 amide bonds. The van der Waals surface area contributed by atoms with Crippen LogP contribution in [0.25, 0.3) is 11.0 Å². The number of aliphatic hydroxyl groups is 1. The predicted octanol–water partition coefficient (Wildman–Crippen LogP) is 1.77. The maximum atomic E-state index is 12.1. The zero-order valence-electron chi connectivity index (χ0n) is 15.9.